The van der Waals surface area contributed by atoms with Crippen molar-refractivity contribution in [3.8, 4) is 0 Å². The van der Waals surface area contributed by atoms with Gasteiger partial charge < -0.3 is 9.84 Å². The molecule has 1 aliphatic heterocycles. The number of aliphatic hydroxyl groups excluding tert-OH is 1. The highest BCUT2D eigenvalue weighted by atomic mass is 16.5. The fourth-order valence-corrected chi connectivity index (χ4v) is 2.39. The second-order valence-corrected chi connectivity index (χ2v) is 4.49. The number of fused-ring (bicyclic) bond motifs is 1. The van der Waals surface area contributed by atoms with Gasteiger partial charge in [0.15, 0.2) is 0 Å². The first-order valence-electron chi connectivity index (χ1n) is 5.97. The summed E-state index contributed by atoms with van der Waals surface area (Å²) in [6.45, 7) is 0.620. The molecule has 3 heteroatoms. The number of hydrogen-bond acceptors (Lipinski definition) is 3. The van der Waals surface area contributed by atoms with Crippen LogP contribution in [-0.4, -0.2) is 22.8 Å². The molecular weight excluding hydrogens is 214 g/mol. The Bertz CT molecular complexity index is 521. The largest absolute Gasteiger partial charge is 0.393 e. The van der Waals surface area contributed by atoms with Crippen LogP contribution in [0.15, 0.2) is 36.7 Å². The molecule has 0 amide bonds. The molecule has 3 rings (SSSR count). The van der Waals surface area contributed by atoms with Crippen LogP contribution in [0.25, 0.3) is 10.8 Å². The number of benzene rings is 1. The molecule has 1 N–H and O–H groups in total. The van der Waals surface area contributed by atoms with E-state index in [-0.39, 0.29) is 12.2 Å². The third-order valence-corrected chi connectivity index (χ3v) is 3.30. The summed E-state index contributed by atoms with van der Waals surface area (Å²) in [4.78, 5) is 4.25. The Kier molecular flexibility index (Phi) is 2.79. The SMILES string of the molecule is OC1CCOC(c2cncc3ccccc23)C1. The van der Waals surface area contributed by atoms with Crippen LogP contribution < -0.4 is 0 Å². The number of aliphatic hydroxyl groups is 1. The second kappa shape index (κ2) is 4.43. The van der Waals surface area contributed by atoms with E-state index in [1.165, 1.54) is 5.39 Å². The number of pyridine rings is 1. The first-order valence-corrected chi connectivity index (χ1v) is 5.97. The number of aromatic nitrogens is 1. The first-order chi connectivity index (χ1) is 8.34. The molecule has 2 atom stereocenters. The molecule has 0 spiro atoms. The van der Waals surface area contributed by atoms with Crippen molar-refractivity contribution in [2.24, 2.45) is 0 Å². The average molecular weight is 229 g/mol. The van der Waals surface area contributed by atoms with Crippen LogP contribution in [0.5, 0.6) is 0 Å². The molecule has 0 radical (unpaired) electrons. The van der Waals surface area contributed by atoms with Crippen LogP contribution in [0, 0.1) is 0 Å². The topological polar surface area (TPSA) is 42.4 Å². The molecular formula is C14H15NO2. The highest BCUT2D eigenvalue weighted by molar-refractivity contribution is 5.84. The summed E-state index contributed by atoms with van der Waals surface area (Å²) in [7, 11) is 0. The molecule has 0 aliphatic carbocycles. The molecule has 2 unspecified atom stereocenters. The van der Waals surface area contributed by atoms with Gasteiger partial charge in [-0.2, -0.15) is 0 Å². The van der Waals surface area contributed by atoms with Crippen LogP contribution >= 0.6 is 0 Å². The zero-order valence-electron chi connectivity index (χ0n) is 9.54. The van der Waals surface area contributed by atoms with Crippen molar-refractivity contribution in [2.45, 2.75) is 25.0 Å². The maximum atomic E-state index is 9.71. The summed E-state index contributed by atoms with van der Waals surface area (Å²) in [6, 6.07) is 8.15. The quantitative estimate of drug-likeness (QED) is 0.816. The third-order valence-electron chi connectivity index (χ3n) is 3.30. The van der Waals surface area contributed by atoms with Crippen LogP contribution in [-0.2, 0) is 4.74 Å². The van der Waals surface area contributed by atoms with Crippen molar-refractivity contribution < 1.29 is 9.84 Å². The van der Waals surface area contributed by atoms with Gasteiger partial charge in [-0.3, -0.25) is 4.98 Å². The van der Waals surface area contributed by atoms with Gasteiger partial charge >= 0.3 is 0 Å². The number of hydrogen-bond donors (Lipinski definition) is 1. The molecule has 1 fully saturated rings. The molecule has 0 saturated carbocycles. The van der Waals surface area contributed by atoms with E-state index >= 15 is 0 Å². The molecule has 88 valence electrons. The van der Waals surface area contributed by atoms with Gasteiger partial charge in [0, 0.05) is 36.4 Å². The Balaban J connectivity index is 2.04. The van der Waals surface area contributed by atoms with Gasteiger partial charge in [0.2, 0.25) is 0 Å². The van der Waals surface area contributed by atoms with Crippen LogP contribution in [0.1, 0.15) is 24.5 Å². The number of nitrogens with zero attached hydrogens (tertiary/aromatic N) is 1. The second-order valence-electron chi connectivity index (χ2n) is 4.49. The van der Waals surface area contributed by atoms with E-state index in [1.54, 1.807) is 0 Å². The summed E-state index contributed by atoms with van der Waals surface area (Å²) in [5.74, 6) is 0. The lowest BCUT2D eigenvalue weighted by molar-refractivity contribution is -0.0442. The van der Waals surface area contributed by atoms with E-state index in [1.807, 2.05) is 30.6 Å². The minimum absolute atomic E-state index is 0.0302. The van der Waals surface area contributed by atoms with Crippen molar-refractivity contribution in [2.75, 3.05) is 6.61 Å². The summed E-state index contributed by atoms with van der Waals surface area (Å²) < 4.78 is 5.74. The summed E-state index contributed by atoms with van der Waals surface area (Å²) >= 11 is 0. The summed E-state index contributed by atoms with van der Waals surface area (Å²) in [5, 5.41) is 12.0. The van der Waals surface area contributed by atoms with Crippen LogP contribution in [0.4, 0.5) is 0 Å². The van der Waals surface area contributed by atoms with E-state index in [0.29, 0.717) is 13.0 Å². The lowest BCUT2D eigenvalue weighted by Crippen LogP contribution is -2.23. The van der Waals surface area contributed by atoms with Gasteiger partial charge in [-0.1, -0.05) is 24.3 Å². The Morgan fingerprint density at radius 2 is 2.12 bits per heavy atom. The lowest BCUT2D eigenvalue weighted by atomic mass is 9.97. The zero-order valence-corrected chi connectivity index (χ0v) is 9.54. The fourth-order valence-electron chi connectivity index (χ4n) is 2.39. The first kappa shape index (κ1) is 10.7. The predicted octanol–water partition coefficient (Wildman–Crippen LogP) is 2.45. The van der Waals surface area contributed by atoms with E-state index < -0.39 is 0 Å². The highest BCUT2D eigenvalue weighted by Crippen LogP contribution is 2.32. The Labute approximate surface area is 100 Å². The van der Waals surface area contributed by atoms with Gasteiger partial charge in [0.05, 0.1) is 12.2 Å². The summed E-state index contributed by atoms with van der Waals surface area (Å²) in [5.41, 5.74) is 1.09. The van der Waals surface area contributed by atoms with Crippen molar-refractivity contribution in [1.82, 2.24) is 4.98 Å². The number of rotatable bonds is 1. The fraction of sp³-hybridized carbons (Fsp3) is 0.357. The van der Waals surface area contributed by atoms with Gasteiger partial charge in [0.25, 0.3) is 0 Å². The smallest absolute Gasteiger partial charge is 0.0870 e. The molecule has 1 saturated heterocycles. The van der Waals surface area contributed by atoms with Gasteiger partial charge in [0.1, 0.15) is 0 Å². The van der Waals surface area contributed by atoms with Gasteiger partial charge in [-0.15, -0.1) is 0 Å². The Morgan fingerprint density at radius 3 is 3.00 bits per heavy atom. The van der Waals surface area contributed by atoms with Crippen LogP contribution in [0.3, 0.4) is 0 Å². The molecule has 1 aromatic heterocycles. The van der Waals surface area contributed by atoms with E-state index in [2.05, 4.69) is 11.1 Å². The van der Waals surface area contributed by atoms with Crippen LogP contribution in [0.2, 0.25) is 0 Å². The molecule has 3 nitrogen and oxygen atoms in total. The van der Waals surface area contributed by atoms with Crippen molar-refractivity contribution in [3.63, 3.8) is 0 Å². The van der Waals surface area contributed by atoms with Gasteiger partial charge in [-0.05, 0) is 11.8 Å². The maximum Gasteiger partial charge on any atom is 0.0870 e. The molecule has 17 heavy (non-hydrogen) atoms. The standard InChI is InChI=1S/C14H15NO2/c16-11-5-6-17-14(7-11)13-9-15-8-10-3-1-2-4-12(10)13/h1-4,8-9,11,14,16H,5-7H2. The normalized spacial score (nSPS) is 25.0. The van der Waals surface area contributed by atoms with Crippen molar-refractivity contribution in [3.05, 3.63) is 42.2 Å². The Hall–Kier alpha value is -1.45. The van der Waals surface area contributed by atoms with E-state index in [9.17, 15) is 5.11 Å². The number of ether oxygens (including phenoxy) is 1. The summed E-state index contributed by atoms with van der Waals surface area (Å²) in [6.07, 6.45) is 4.82. The lowest BCUT2D eigenvalue weighted by Gasteiger charge is -2.27. The zero-order chi connectivity index (χ0) is 11.7. The molecule has 2 heterocycles. The molecule has 2 aromatic rings. The Morgan fingerprint density at radius 1 is 1.24 bits per heavy atom. The maximum absolute atomic E-state index is 9.71. The average Bonchev–Trinajstić information content (AvgIpc) is 2.38. The highest BCUT2D eigenvalue weighted by Gasteiger charge is 2.23. The van der Waals surface area contributed by atoms with Gasteiger partial charge in [-0.25, -0.2) is 0 Å². The van der Waals surface area contributed by atoms with Crippen molar-refractivity contribution in [1.29, 1.82) is 0 Å². The monoisotopic (exact) mass is 229 g/mol. The van der Waals surface area contributed by atoms with Crippen molar-refractivity contribution >= 4 is 10.8 Å². The van der Waals surface area contributed by atoms with E-state index in [0.717, 1.165) is 17.4 Å². The third kappa shape index (κ3) is 2.04. The van der Waals surface area contributed by atoms with E-state index in [4.69, 9.17) is 4.74 Å². The molecule has 0 bridgehead atoms. The minimum atomic E-state index is -0.257. The molecule has 1 aromatic carbocycles. The minimum Gasteiger partial charge on any atom is -0.393 e. The predicted molar refractivity (Wildman–Crippen MR) is 65.7 cm³/mol. The molecule has 1 aliphatic rings.